The molecule has 2 aromatic rings. The Morgan fingerprint density at radius 3 is 2.44 bits per heavy atom. The average Bonchev–Trinajstić information content (AvgIpc) is 2.79. The minimum atomic E-state index is -3.72. The van der Waals surface area contributed by atoms with E-state index in [0.717, 1.165) is 0 Å². The number of fused-ring (bicyclic) bond motifs is 1. The van der Waals surface area contributed by atoms with Crippen LogP contribution in [0.5, 0.6) is 5.75 Å². The van der Waals surface area contributed by atoms with Crippen molar-refractivity contribution in [3.8, 4) is 5.75 Å². The number of anilines is 1. The van der Waals surface area contributed by atoms with E-state index in [-0.39, 0.29) is 60.9 Å². The smallest absolute Gasteiger partial charge is 0.267 e. The second-order valence-corrected chi connectivity index (χ2v) is 10.00. The van der Waals surface area contributed by atoms with E-state index in [1.807, 2.05) is 12.1 Å². The van der Waals surface area contributed by atoms with Crippen LogP contribution in [0.4, 0.5) is 5.69 Å². The van der Waals surface area contributed by atoms with Crippen LogP contribution in [0.2, 0.25) is 5.02 Å². The molecular weight excluding hydrogens is 454 g/mol. The Hall–Kier alpha value is -2.62. The number of para-hydroxylation sites is 2. The van der Waals surface area contributed by atoms with Crippen LogP contribution in [-0.2, 0) is 19.6 Å². The maximum Gasteiger partial charge on any atom is 0.267 e. The first-order valence-electron chi connectivity index (χ1n) is 10.4. The van der Waals surface area contributed by atoms with Gasteiger partial charge in [0.2, 0.25) is 15.9 Å². The minimum absolute atomic E-state index is 0.0695. The van der Waals surface area contributed by atoms with Gasteiger partial charge in [0.25, 0.3) is 5.91 Å². The molecule has 2 aliphatic rings. The van der Waals surface area contributed by atoms with Crippen molar-refractivity contribution in [1.82, 2.24) is 9.21 Å². The Morgan fingerprint density at radius 2 is 1.72 bits per heavy atom. The molecule has 10 heteroatoms. The van der Waals surface area contributed by atoms with Crippen LogP contribution in [0.25, 0.3) is 0 Å². The number of piperazine rings is 1. The summed E-state index contributed by atoms with van der Waals surface area (Å²) in [4.78, 5) is 28.7. The molecule has 1 unspecified atom stereocenters. The summed E-state index contributed by atoms with van der Waals surface area (Å²) in [5.41, 5.74) is 0.652. The molecule has 0 radical (unpaired) electrons. The normalized spacial score (nSPS) is 19.4. The molecule has 1 fully saturated rings. The Kier molecular flexibility index (Phi) is 6.41. The van der Waals surface area contributed by atoms with Gasteiger partial charge in [-0.1, -0.05) is 35.9 Å². The molecule has 0 aromatic heterocycles. The fourth-order valence-electron chi connectivity index (χ4n) is 3.93. The molecule has 2 heterocycles. The van der Waals surface area contributed by atoms with Crippen molar-refractivity contribution in [3.05, 3.63) is 53.6 Å². The van der Waals surface area contributed by atoms with Gasteiger partial charge in [0.1, 0.15) is 10.6 Å². The number of benzene rings is 2. The van der Waals surface area contributed by atoms with E-state index in [2.05, 4.69) is 0 Å². The van der Waals surface area contributed by atoms with Gasteiger partial charge in [-0.15, -0.1) is 0 Å². The number of rotatable bonds is 5. The second-order valence-electron chi connectivity index (χ2n) is 7.68. The molecule has 0 saturated carbocycles. The zero-order valence-electron chi connectivity index (χ0n) is 17.6. The first kappa shape index (κ1) is 22.6. The summed E-state index contributed by atoms with van der Waals surface area (Å²) in [6.45, 7) is 2.87. The summed E-state index contributed by atoms with van der Waals surface area (Å²) in [5.74, 6) is 0.307. The van der Waals surface area contributed by atoms with E-state index >= 15 is 0 Å². The number of hydrogen-bond acceptors (Lipinski definition) is 5. The van der Waals surface area contributed by atoms with Crippen molar-refractivity contribution >= 4 is 39.1 Å². The van der Waals surface area contributed by atoms with Crippen molar-refractivity contribution in [3.63, 3.8) is 0 Å². The molecule has 32 heavy (non-hydrogen) atoms. The highest BCUT2D eigenvalue weighted by atomic mass is 35.5. The molecule has 170 valence electrons. The van der Waals surface area contributed by atoms with E-state index in [4.69, 9.17) is 16.3 Å². The number of hydrogen-bond donors (Lipinski definition) is 0. The van der Waals surface area contributed by atoms with Crippen LogP contribution >= 0.6 is 11.6 Å². The maximum absolute atomic E-state index is 12.9. The molecule has 4 rings (SSSR count). The second kappa shape index (κ2) is 9.09. The third-order valence-corrected chi connectivity index (χ3v) is 8.07. The van der Waals surface area contributed by atoms with Crippen LogP contribution < -0.4 is 9.64 Å². The molecule has 1 atom stereocenters. The highest BCUT2D eigenvalue weighted by Gasteiger charge is 2.33. The minimum Gasteiger partial charge on any atom is -0.479 e. The van der Waals surface area contributed by atoms with Crippen molar-refractivity contribution in [2.24, 2.45) is 0 Å². The number of halogens is 1. The standard InChI is InChI=1S/C22H24ClN3O5S/c1-16-22(28)26(18-7-3-4-8-19(18)31-16)11-10-21(27)24-12-14-25(15-13-24)32(29,30)20-9-5-2-6-17(20)23/h2-9,16H,10-15H2,1H3. The van der Waals surface area contributed by atoms with Crippen LogP contribution in [0.15, 0.2) is 53.4 Å². The summed E-state index contributed by atoms with van der Waals surface area (Å²) in [6.07, 6.45) is -0.470. The van der Waals surface area contributed by atoms with Gasteiger partial charge in [0.15, 0.2) is 6.10 Å². The lowest BCUT2D eigenvalue weighted by atomic mass is 10.1. The van der Waals surface area contributed by atoms with Gasteiger partial charge in [-0.3, -0.25) is 9.59 Å². The van der Waals surface area contributed by atoms with E-state index in [1.54, 1.807) is 47.1 Å². The Balaban J connectivity index is 1.37. The van der Waals surface area contributed by atoms with E-state index < -0.39 is 16.1 Å². The summed E-state index contributed by atoms with van der Waals surface area (Å²) < 4.78 is 32.7. The Labute approximate surface area is 192 Å². The molecule has 0 bridgehead atoms. The highest BCUT2D eigenvalue weighted by molar-refractivity contribution is 7.89. The Bertz CT molecular complexity index is 1130. The molecule has 0 aliphatic carbocycles. The van der Waals surface area contributed by atoms with Gasteiger partial charge in [-0.05, 0) is 31.2 Å². The Morgan fingerprint density at radius 1 is 1.06 bits per heavy atom. The molecule has 0 spiro atoms. The summed E-state index contributed by atoms with van der Waals surface area (Å²) in [6, 6.07) is 13.6. The van der Waals surface area contributed by atoms with E-state index in [1.165, 1.54) is 10.4 Å². The quantitative estimate of drug-likeness (QED) is 0.659. The fourth-order valence-corrected chi connectivity index (χ4v) is 5.84. The zero-order chi connectivity index (χ0) is 22.9. The van der Waals surface area contributed by atoms with E-state index in [0.29, 0.717) is 11.4 Å². The van der Waals surface area contributed by atoms with Crippen LogP contribution in [0, 0.1) is 0 Å². The topological polar surface area (TPSA) is 87.2 Å². The lowest BCUT2D eigenvalue weighted by molar-refractivity contribution is -0.132. The molecule has 2 aliphatic heterocycles. The van der Waals surface area contributed by atoms with Crippen LogP contribution in [0.3, 0.4) is 0 Å². The number of nitrogens with zero attached hydrogens (tertiary/aromatic N) is 3. The molecular formula is C22H24ClN3O5S. The summed E-state index contributed by atoms with van der Waals surface area (Å²) in [5, 5.41) is 0.177. The monoisotopic (exact) mass is 477 g/mol. The van der Waals surface area contributed by atoms with Gasteiger partial charge >= 0.3 is 0 Å². The number of ether oxygens (including phenoxy) is 1. The van der Waals surface area contributed by atoms with Gasteiger partial charge in [-0.2, -0.15) is 4.31 Å². The van der Waals surface area contributed by atoms with Crippen molar-refractivity contribution in [2.75, 3.05) is 37.6 Å². The summed E-state index contributed by atoms with van der Waals surface area (Å²) >= 11 is 6.07. The maximum atomic E-state index is 12.9. The first-order valence-corrected chi connectivity index (χ1v) is 12.2. The molecule has 8 nitrogen and oxygen atoms in total. The average molecular weight is 478 g/mol. The van der Waals surface area contributed by atoms with Gasteiger partial charge in [0.05, 0.1) is 10.7 Å². The lowest BCUT2D eigenvalue weighted by Gasteiger charge is -2.35. The molecule has 0 N–H and O–H groups in total. The number of amides is 2. The van der Waals surface area contributed by atoms with Crippen molar-refractivity contribution in [2.45, 2.75) is 24.3 Å². The van der Waals surface area contributed by atoms with E-state index in [9.17, 15) is 18.0 Å². The molecule has 2 aromatic carbocycles. The first-order chi connectivity index (χ1) is 15.3. The third kappa shape index (κ3) is 4.32. The van der Waals surface area contributed by atoms with Gasteiger partial charge < -0.3 is 14.5 Å². The third-order valence-electron chi connectivity index (χ3n) is 5.67. The number of sulfonamides is 1. The highest BCUT2D eigenvalue weighted by Crippen LogP contribution is 2.33. The van der Waals surface area contributed by atoms with Crippen molar-refractivity contribution < 1.29 is 22.7 Å². The van der Waals surface area contributed by atoms with Crippen molar-refractivity contribution in [1.29, 1.82) is 0 Å². The zero-order valence-corrected chi connectivity index (χ0v) is 19.2. The van der Waals surface area contributed by atoms with Crippen LogP contribution in [-0.4, -0.2) is 68.3 Å². The van der Waals surface area contributed by atoms with Crippen LogP contribution in [0.1, 0.15) is 13.3 Å². The molecule has 2 amide bonds. The molecule has 1 saturated heterocycles. The largest absolute Gasteiger partial charge is 0.479 e. The lowest BCUT2D eigenvalue weighted by Crippen LogP contribution is -2.51. The fraction of sp³-hybridized carbons (Fsp3) is 0.364. The predicted molar refractivity (Wildman–Crippen MR) is 120 cm³/mol. The van der Waals surface area contributed by atoms with Gasteiger partial charge in [-0.25, -0.2) is 8.42 Å². The number of carbonyl (C=O) groups excluding carboxylic acids is 2. The SMILES string of the molecule is CC1Oc2ccccc2N(CCC(=O)N2CCN(S(=O)(=O)c3ccccc3Cl)CC2)C1=O. The summed E-state index contributed by atoms with van der Waals surface area (Å²) in [7, 11) is -3.72. The van der Waals surface area contributed by atoms with Gasteiger partial charge in [0, 0.05) is 39.1 Å². The number of carbonyl (C=O) groups is 2. The predicted octanol–water partition coefficient (Wildman–Crippen LogP) is 2.38.